The Morgan fingerprint density at radius 2 is 1.62 bits per heavy atom. The zero-order chi connectivity index (χ0) is 15.3. The number of nitrogens with one attached hydrogen (secondary N) is 1. The zero-order valence-electron chi connectivity index (χ0n) is 11.4. The lowest BCUT2D eigenvalue weighted by Gasteiger charge is -2.08. The fourth-order valence-corrected chi connectivity index (χ4v) is 3.41. The molecule has 0 aliphatic rings. The van der Waals surface area contributed by atoms with Gasteiger partial charge in [-0.25, -0.2) is 13.1 Å². The quantitative estimate of drug-likeness (QED) is 0.822. The van der Waals surface area contributed by atoms with Crippen LogP contribution in [0.5, 0.6) is 0 Å². The van der Waals surface area contributed by atoms with Crippen LogP contribution < -0.4 is 10.5 Å². The molecule has 0 bridgehead atoms. The maximum Gasteiger partial charge on any atom is 0.216 e. The number of hydrogen-bond acceptors (Lipinski definition) is 3. The highest BCUT2D eigenvalue weighted by molar-refractivity contribution is 9.10. The minimum Gasteiger partial charge on any atom is -0.326 e. The normalized spacial score (nSPS) is 11.5. The summed E-state index contributed by atoms with van der Waals surface area (Å²) in [5.74, 6) is -0.0394. The van der Waals surface area contributed by atoms with E-state index in [1.807, 2.05) is 36.4 Å². The van der Waals surface area contributed by atoms with Crippen molar-refractivity contribution >= 4 is 26.0 Å². The average molecular weight is 369 g/mol. The summed E-state index contributed by atoms with van der Waals surface area (Å²) in [5.41, 5.74) is 8.15. The molecule has 0 fully saturated rings. The molecule has 0 heterocycles. The molecule has 0 aromatic heterocycles. The minimum absolute atomic E-state index is 0.0394. The van der Waals surface area contributed by atoms with Crippen molar-refractivity contribution < 1.29 is 8.42 Å². The van der Waals surface area contributed by atoms with Crippen molar-refractivity contribution in [3.05, 3.63) is 69.7 Å². The third-order valence-electron chi connectivity index (χ3n) is 3.06. The Balaban J connectivity index is 2.00. The highest BCUT2D eigenvalue weighted by Crippen LogP contribution is 2.16. The molecule has 0 saturated heterocycles. The maximum absolute atomic E-state index is 12.1. The fraction of sp³-hybridized carbons (Fsp3) is 0.200. The third kappa shape index (κ3) is 4.93. The van der Waals surface area contributed by atoms with E-state index in [9.17, 15) is 8.42 Å². The van der Waals surface area contributed by atoms with Crippen LogP contribution in [0.2, 0.25) is 0 Å². The van der Waals surface area contributed by atoms with Gasteiger partial charge in [-0.2, -0.15) is 0 Å². The van der Waals surface area contributed by atoms with Crippen molar-refractivity contribution in [1.29, 1.82) is 0 Å². The molecule has 2 aromatic rings. The van der Waals surface area contributed by atoms with Gasteiger partial charge in [0.2, 0.25) is 10.0 Å². The van der Waals surface area contributed by atoms with Crippen LogP contribution in [0.15, 0.2) is 53.0 Å². The number of sulfonamides is 1. The standard InChI is InChI=1S/C15H17BrN2O2S/c16-15-4-2-1-3-14(15)10-18-21(19,20)11-13-7-5-12(9-17)6-8-13/h1-8,18H,9-11,17H2. The van der Waals surface area contributed by atoms with Gasteiger partial charge in [0, 0.05) is 17.6 Å². The van der Waals surface area contributed by atoms with Crippen LogP contribution in [0.4, 0.5) is 0 Å². The van der Waals surface area contributed by atoms with Crippen LogP contribution in [-0.4, -0.2) is 8.42 Å². The Morgan fingerprint density at radius 3 is 2.24 bits per heavy atom. The Kier molecular flexibility index (Phi) is 5.52. The second kappa shape index (κ2) is 7.17. The average Bonchev–Trinajstić information content (AvgIpc) is 2.47. The van der Waals surface area contributed by atoms with Crippen molar-refractivity contribution in [1.82, 2.24) is 4.72 Å². The van der Waals surface area contributed by atoms with E-state index in [0.717, 1.165) is 21.2 Å². The Hall–Kier alpha value is -1.21. The molecule has 21 heavy (non-hydrogen) atoms. The second-order valence-corrected chi connectivity index (χ2v) is 7.35. The first-order valence-electron chi connectivity index (χ1n) is 6.49. The molecule has 6 heteroatoms. The molecule has 0 unspecified atom stereocenters. The summed E-state index contributed by atoms with van der Waals surface area (Å²) in [6, 6.07) is 14.8. The number of halogens is 1. The first kappa shape index (κ1) is 16.2. The molecule has 3 N–H and O–H groups in total. The molecule has 4 nitrogen and oxygen atoms in total. The highest BCUT2D eigenvalue weighted by Gasteiger charge is 2.12. The van der Waals surface area contributed by atoms with Gasteiger partial charge < -0.3 is 5.73 Å². The van der Waals surface area contributed by atoms with Crippen molar-refractivity contribution in [3.63, 3.8) is 0 Å². The van der Waals surface area contributed by atoms with Gasteiger partial charge >= 0.3 is 0 Å². The molecule has 0 aliphatic heterocycles. The highest BCUT2D eigenvalue weighted by atomic mass is 79.9. The lowest BCUT2D eigenvalue weighted by Crippen LogP contribution is -2.24. The first-order chi connectivity index (χ1) is 10.00. The zero-order valence-corrected chi connectivity index (χ0v) is 13.8. The molecule has 0 atom stereocenters. The lowest BCUT2D eigenvalue weighted by molar-refractivity contribution is 0.580. The first-order valence-corrected chi connectivity index (χ1v) is 8.93. The summed E-state index contributed by atoms with van der Waals surface area (Å²) in [5, 5.41) is 0. The monoisotopic (exact) mass is 368 g/mol. The number of benzene rings is 2. The van der Waals surface area contributed by atoms with E-state index in [1.54, 1.807) is 12.1 Å². The van der Waals surface area contributed by atoms with E-state index in [4.69, 9.17) is 5.73 Å². The van der Waals surface area contributed by atoms with E-state index >= 15 is 0 Å². The molecule has 0 saturated carbocycles. The summed E-state index contributed by atoms with van der Waals surface area (Å²) >= 11 is 3.40. The molecule has 2 rings (SSSR count). The summed E-state index contributed by atoms with van der Waals surface area (Å²) in [4.78, 5) is 0. The predicted octanol–water partition coefficient (Wildman–Crippen LogP) is 2.53. The largest absolute Gasteiger partial charge is 0.326 e. The molecule has 0 aliphatic carbocycles. The molecule has 112 valence electrons. The van der Waals surface area contributed by atoms with E-state index in [1.165, 1.54) is 0 Å². The molecule has 0 spiro atoms. The maximum atomic E-state index is 12.1. The summed E-state index contributed by atoms with van der Waals surface area (Å²) in [6.07, 6.45) is 0. The molecule has 2 aromatic carbocycles. The van der Waals surface area contributed by atoms with Crippen LogP contribution in [0.25, 0.3) is 0 Å². The van der Waals surface area contributed by atoms with Gasteiger partial charge in [-0.1, -0.05) is 58.4 Å². The van der Waals surface area contributed by atoms with Crippen LogP contribution in [0.1, 0.15) is 16.7 Å². The van der Waals surface area contributed by atoms with Gasteiger partial charge in [-0.15, -0.1) is 0 Å². The summed E-state index contributed by atoms with van der Waals surface area (Å²) in [7, 11) is -3.37. The third-order valence-corrected chi connectivity index (χ3v) is 5.13. The second-order valence-electron chi connectivity index (χ2n) is 4.69. The molecule has 0 radical (unpaired) electrons. The van der Waals surface area contributed by atoms with Crippen LogP contribution in [0.3, 0.4) is 0 Å². The summed E-state index contributed by atoms with van der Waals surface area (Å²) < 4.78 is 27.7. The van der Waals surface area contributed by atoms with E-state index in [0.29, 0.717) is 6.54 Å². The van der Waals surface area contributed by atoms with E-state index in [-0.39, 0.29) is 12.3 Å². The predicted molar refractivity (Wildman–Crippen MR) is 87.9 cm³/mol. The molecule has 0 amide bonds. The Morgan fingerprint density at radius 1 is 1.00 bits per heavy atom. The Bertz CT molecular complexity index is 700. The van der Waals surface area contributed by atoms with Gasteiger partial charge in [0.15, 0.2) is 0 Å². The van der Waals surface area contributed by atoms with Crippen LogP contribution >= 0.6 is 15.9 Å². The molecular weight excluding hydrogens is 352 g/mol. The van der Waals surface area contributed by atoms with Crippen molar-refractivity contribution in [2.45, 2.75) is 18.8 Å². The summed E-state index contributed by atoms with van der Waals surface area (Å²) in [6.45, 7) is 0.720. The van der Waals surface area contributed by atoms with Crippen molar-refractivity contribution in [3.8, 4) is 0 Å². The number of hydrogen-bond donors (Lipinski definition) is 2. The van der Waals surface area contributed by atoms with E-state index in [2.05, 4.69) is 20.7 Å². The van der Waals surface area contributed by atoms with Gasteiger partial charge in [0.1, 0.15) is 0 Å². The van der Waals surface area contributed by atoms with Gasteiger partial charge in [0.05, 0.1) is 5.75 Å². The number of nitrogens with two attached hydrogens (primary N) is 1. The smallest absolute Gasteiger partial charge is 0.216 e. The van der Waals surface area contributed by atoms with Crippen LogP contribution in [-0.2, 0) is 28.9 Å². The van der Waals surface area contributed by atoms with Gasteiger partial charge in [-0.05, 0) is 22.8 Å². The van der Waals surface area contributed by atoms with Crippen LogP contribution in [0, 0.1) is 0 Å². The SMILES string of the molecule is NCc1ccc(CS(=O)(=O)NCc2ccccc2Br)cc1. The Labute approximate surface area is 133 Å². The van der Waals surface area contributed by atoms with Crippen molar-refractivity contribution in [2.75, 3.05) is 0 Å². The molecular formula is C15H17BrN2O2S. The lowest BCUT2D eigenvalue weighted by atomic mass is 10.1. The number of rotatable bonds is 6. The minimum atomic E-state index is -3.37. The van der Waals surface area contributed by atoms with E-state index < -0.39 is 10.0 Å². The van der Waals surface area contributed by atoms with Crippen molar-refractivity contribution in [2.24, 2.45) is 5.73 Å². The fourth-order valence-electron chi connectivity index (χ4n) is 1.87. The van der Waals surface area contributed by atoms with Gasteiger partial charge in [-0.3, -0.25) is 0 Å². The topological polar surface area (TPSA) is 72.2 Å². The van der Waals surface area contributed by atoms with Gasteiger partial charge in [0.25, 0.3) is 0 Å².